The molecule has 1 fully saturated rings. The Labute approximate surface area is 91.0 Å². The average Bonchev–Trinajstić information content (AvgIpc) is 2.63. The van der Waals surface area contributed by atoms with Crippen LogP contribution in [-0.2, 0) is 10.2 Å². The van der Waals surface area contributed by atoms with Gasteiger partial charge in [0, 0.05) is 6.54 Å². The van der Waals surface area contributed by atoms with Crippen LogP contribution in [0.25, 0.3) is 0 Å². The Bertz CT molecular complexity index is 339. The highest BCUT2D eigenvalue weighted by Crippen LogP contribution is 2.29. The van der Waals surface area contributed by atoms with Crippen LogP contribution < -0.4 is 9.44 Å². The van der Waals surface area contributed by atoms with Crippen molar-refractivity contribution in [3.8, 4) is 6.07 Å². The highest BCUT2D eigenvalue weighted by molar-refractivity contribution is 7.87. The molecule has 0 atom stereocenters. The van der Waals surface area contributed by atoms with Gasteiger partial charge in [-0.2, -0.15) is 18.4 Å². The standard InChI is InChI=1S/C9H17N3O2S/c1-2-7-11-15(13,14)12-9(8-10)5-3-4-6-9/h11-12H,2-7H2,1H3. The lowest BCUT2D eigenvalue weighted by molar-refractivity contribution is 0.478. The van der Waals surface area contributed by atoms with Gasteiger partial charge in [-0.05, 0) is 19.3 Å². The minimum Gasteiger partial charge on any atom is -0.202 e. The summed E-state index contributed by atoms with van der Waals surface area (Å²) in [6.45, 7) is 2.29. The number of nitrogens with one attached hydrogen (secondary N) is 2. The molecule has 0 radical (unpaired) electrons. The van der Waals surface area contributed by atoms with Crippen LogP contribution in [0.2, 0.25) is 0 Å². The molecule has 0 spiro atoms. The zero-order valence-electron chi connectivity index (χ0n) is 8.91. The summed E-state index contributed by atoms with van der Waals surface area (Å²) < 4.78 is 27.9. The fraction of sp³-hybridized carbons (Fsp3) is 0.889. The lowest BCUT2D eigenvalue weighted by Crippen LogP contribution is -2.50. The topological polar surface area (TPSA) is 82.0 Å². The van der Waals surface area contributed by atoms with Crippen LogP contribution in [0.15, 0.2) is 0 Å². The van der Waals surface area contributed by atoms with E-state index in [-0.39, 0.29) is 0 Å². The second-order valence-electron chi connectivity index (χ2n) is 3.90. The minimum absolute atomic E-state index is 0.400. The van der Waals surface area contributed by atoms with E-state index in [0.717, 1.165) is 19.3 Å². The summed E-state index contributed by atoms with van der Waals surface area (Å²) in [6.07, 6.45) is 3.77. The molecule has 1 aliphatic carbocycles. The van der Waals surface area contributed by atoms with Gasteiger partial charge in [0.2, 0.25) is 0 Å². The van der Waals surface area contributed by atoms with E-state index in [1.54, 1.807) is 0 Å². The molecule has 6 heteroatoms. The molecule has 0 amide bonds. The Morgan fingerprint density at radius 2 is 2.00 bits per heavy atom. The van der Waals surface area contributed by atoms with Crippen LogP contribution in [0.1, 0.15) is 39.0 Å². The molecular weight excluding hydrogens is 214 g/mol. The maximum absolute atomic E-state index is 11.5. The molecule has 5 nitrogen and oxygen atoms in total. The van der Waals surface area contributed by atoms with Crippen molar-refractivity contribution < 1.29 is 8.42 Å². The predicted molar refractivity (Wildman–Crippen MR) is 57.2 cm³/mol. The summed E-state index contributed by atoms with van der Waals surface area (Å²) in [4.78, 5) is 0. The molecule has 0 bridgehead atoms. The normalized spacial score (nSPS) is 20.0. The van der Waals surface area contributed by atoms with E-state index in [0.29, 0.717) is 19.4 Å². The monoisotopic (exact) mass is 231 g/mol. The third kappa shape index (κ3) is 3.45. The first-order valence-electron chi connectivity index (χ1n) is 5.23. The Morgan fingerprint density at radius 1 is 1.40 bits per heavy atom. The Balaban J connectivity index is 2.63. The highest BCUT2D eigenvalue weighted by atomic mass is 32.2. The summed E-state index contributed by atoms with van der Waals surface area (Å²) in [5.74, 6) is 0. The van der Waals surface area contributed by atoms with Crippen molar-refractivity contribution >= 4 is 10.2 Å². The summed E-state index contributed by atoms with van der Waals surface area (Å²) in [6, 6.07) is 2.08. The van der Waals surface area contributed by atoms with Gasteiger partial charge < -0.3 is 0 Å². The molecule has 1 aliphatic rings. The average molecular weight is 231 g/mol. The van der Waals surface area contributed by atoms with Gasteiger partial charge in [-0.3, -0.25) is 0 Å². The summed E-state index contributed by atoms with van der Waals surface area (Å²) in [5.41, 5.74) is -0.875. The summed E-state index contributed by atoms with van der Waals surface area (Å²) >= 11 is 0. The molecule has 1 rings (SSSR count). The Morgan fingerprint density at radius 3 is 2.47 bits per heavy atom. The van der Waals surface area contributed by atoms with Crippen molar-refractivity contribution in [3.63, 3.8) is 0 Å². The number of hydrogen-bond acceptors (Lipinski definition) is 3. The van der Waals surface area contributed by atoms with E-state index in [1.807, 2.05) is 6.92 Å². The first-order valence-corrected chi connectivity index (χ1v) is 6.72. The zero-order valence-corrected chi connectivity index (χ0v) is 9.73. The van der Waals surface area contributed by atoms with E-state index in [1.165, 1.54) is 0 Å². The van der Waals surface area contributed by atoms with Gasteiger partial charge in [-0.1, -0.05) is 19.8 Å². The van der Waals surface area contributed by atoms with E-state index in [2.05, 4.69) is 15.5 Å². The van der Waals surface area contributed by atoms with Gasteiger partial charge in [0.25, 0.3) is 10.2 Å². The maximum Gasteiger partial charge on any atom is 0.278 e. The van der Waals surface area contributed by atoms with Crippen LogP contribution in [-0.4, -0.2) is 20.5 Å². The molecular formula is C9H17N3O2S. The molecule has 0 aromatic rings. The first-order chi connectivity index (χ1) is 7.04. The first kappa shape index (κ1) is 12.4. The quantitative estimate of drug-likeness (QED) is 0.729. The highest BCUT2D eigenvalue weighted by Gasteiger charge is 2.37. The molecule has 2 N–H and O–H groups in total. The van der Waals surface area contributed by atoms with E-state index in [4.69, 9.17) is 5.26 Å². The number of nitrogens with zero attached hydrogens (tertiary/aromatic N) is 1. The van der Waals surface area contributed by atoms with Crippen molar-refractivity contribution in [3.05, 3.63) is 0 Å². The van der Waals surface area contributed by atoms with Crippen LogP contribution in [0.5, 0.6) is 0 Å². The fourth-order valence-electron chi connectivity index (χ4n) is 1.74. The van der Waals surface area contributed by atoms with Gasteiger partial charge in [0.1, 0.15) is 5.54 Å². The molecule has 0 aromatic carbocycles. The van der Waals surface area contributed by atoms with Crippen molar-refractivity contribution in [1.82, 2.24) is 9.44 Å². The van der Waals surface area contributed by atoms with Crippen LogP contribution >= 0.6 is 0 Å². The van der Waals surface area contributed by atoms with Gasteiger partial charge in [-0.15, -0.1) is 0 Å². The third-order valence-electron chi connectivity index (χ3n) is 2.54. The molecule has 0 heterocycles. The smallest absolute Gasteiger partial charge is 0.202 e. The summed E-state index contributed by atoms with van der Waals surface area (Å²) in [5, 5.41) is 9.00. The van der Waals surface area contributed by atoms with Crippen molar-refractivity contribution in [2.24, 2.45) is 0 Å². The molecule has 15 heavy (non-hydrogen) atoms. The third-order valence-corrected chi connectivity index (χ3v) is 3.79. The molecule has 0 aliphatic heterocycles. The van der Waals surface area contributed by atoms with Crippen molar-refractivity contribution in [2.45, 2.75) is 44.6 Å². The molecule has 0 unspecified atom stereocenters. The largest absolute Gasteiger partial charge is 0.278 e. The SMILES string of the molecule is CCCNS(=O)(=O)NC1(C#N)CCCC1. The van der Waals surface area contributed by atoms with Crippen LogP contribution in [0.3, 0.4) is 0 Å². The predicted octanol–water partition coefficient (Wildman–Crippen LogP) is 0.657. The second kappa shape index (κ2) is 4.92. The van der Waals surface area contributed by atoms with Gasteiger partial charge >= 0.3 is 0 Å². The van der Waals surface area contributed by atoms with Crippen LogP contribution in [0, 0.1) is 11.3 Å². The summed E-state index contributed by atoms with van der Waals surface area (Å²) in [7, 11) is -3.52. The van der Waals surface area contributed by atoms with E-state index in [9.17, 15) is 8.42 Å². The van der Waals surface area contributed by atoms with Crippen molar-refractivity contribution in [2.75, 3.05) is 6.54 Å². The number of hydrogen-bond donors (Lipinski definition) is 2. The molecule has 0 saturated heterocycles. The maximum atomic E-state index is 11.5. The van der Waals surface area contributed by atoms with Crippen molar-refractivity contribution in [1.29, 1.82) is 5.26 Å². The zero-order chi connectivity index (χ0) is 11.4. The Kier molecular flexibility index (Phi) is 4.08. The van der Waals surface area contributed by atoms with Crippen LogP contribution in [0.4, 0.5) is 0 Å². The Hall–Kier alpha value is -0.640. The van der Waals surface area contributed by atoms with Gasteiger partial charge in [0.05, 0.1) is 6.07 Å². The number of rotatable bonds is 5. The second-order valence-corrected chi connectivity index (χ2v) is 5.40. The van der Waals surface area contributed by atoms with E-state index < -0.39 is 15.7 Å². The molecule has 86 valence electrons. The minimum atomic E-state index is -3.52. The van der Waals surface area contributed by atoms with E-state index >= 15 is 0 Å². The van der Waals surface area contributed by atoms with Gasteiger partial charge in [-0.25, -0.2) is 4.72 Å². The molecule has 1 saturated carbocycles. The van der Waals surface area contributed by atoms with Gasteiger partial charge in [0.15, 0.2) is 0 Å². The number of nitriles is 1. The molecule has 0 aromatic heterocycles. The lowest BCUT2D eigenvalue weighted by Gasteiger charge is -2.21. The fourth-order valence-corrected chi connectivity index (χ4v) is 3.05. The lowest BCUT2D eigenvalue weighted by atomic mass is 10.0.